The number of unbranched alkanes of at least 4 members (excludes halogenated alkanes) is 2. The van der Waals surface area contributed by atoms with E-state index in [0.717, 1.165) is 25.7 Å². The van der Waals surface area contributed by atoms with Crippen LogP contribution in [0.4, 0.5) is 0 Å². The first kappa shape index (κ1) is 12.9. The van der Waals surface area contributed by atoms with Crippen LogP contribution in [0.25, 0.3) is 0 Å². The number of carbonyl (C=O) groups is 2. The Bertz CT molecular complexity index is 194. The standard InChI is InChI=1S/C9H19N3O2/c1-3-4-5-6-7(2)11-8(13)9(14)12-10/h7H,3-6,10H2,1-2H3,(H,11,13)(H,12,14). The van der Waals surface area contributed by atoms with Gasteiger partial charge in [0.05, 0.1) is 0 Å². The summed E-state index contributed by atoms with van der Waals surface area (Å²) in [5.41, 5.74) is 1.79. The molecule has 0 spiro atoms. The monoisotopic (exact) mass is 201 g/mol. The Labute approximate surface area is 84.4 Å². The normalized spacial score (nSPS) is 11.9. The molecular weight excluding hydrogens is 182 g/mol. The van der Waals surface area contributed by atoms with Crippen molar-refractivity contribution in [3.63, 3.8) is 0 Å². The van der Waals surface area contributed by atoms with Gasteiger partial charge in [-0.25, -0.2) is 5.84 Å². The quantitative estimate of drug-likeness (QED) is 0.193. The van der Waals surface area contributed by atoms with E-state index in [4.69, 9.17) is 5.84 Å². The number of hydrogen-bond donors (Lipinski definition) is 3. The molecule has 14 heavy (non-hydrogen) atoms. The summed E-state index contributed by atoms with van der Waals surface area (Å²) < 4.78 is 0. The molecule has 0 aromatic heterocycles. The van der Waals surface area contributed by atoms with Crippen molar-refractivity contribution >= 4 is 11.8 Å². The third kappa shape index (κ3) is 5.53. The van der Waals surface area contributed by atoms with E-state index in [9.17, 15) is 9.59 Å². The fourth-order valence-corrected chi connectivity index (χ4v) is 1.13. The van der Waals surface area contributed by atoms with Crippen LogP contribution >= 0.6 is 0 Å². The van der Waals surface area contributed by atoms with Gasteiger partial charge < -0.3 is 5.32 Å². The van der Waals surface area contributed by atoms with E-state index in [1.54, 1.807) is 5.43 Å². The van der Waals surface area contributed by atoms with Gasteiger partial charge in [-0.3, -0.25) is 15.0 Å². The van der Waals surface area contributed by atoms with Gasteiger partial charge in [-0.1, -0.05) is 26.2 Å². The van der Waals surface area contributed by atoms with E-state index in [1.807, 2.05) is 6.92 Å². The molecular formula is C9H19N3O2. The van der Waals surface area contributed by atoms with Crippen LogP contribution in [0.1, 0.15) is 39.5 Å². The zero-order valence-electron chi connectivity index (χ0n) is 8.80. The molecule has 0 fully saturated rings. The SMILES string of the molecule is CCCCCC(C)NC(=O)C(=O)NN. The van der Waals surface area contributed by atoms with Gasteiger partial charge in [-0.05, 0) is 13.3 Å². The number of nitrogens with two attached hydrogens (primary N) is 1. The summed E-state index contributed by atoms with van der Waals surface area (Å²) in [5.74, 6) is 3.34. The highest BCUT2D eigenvalue weighted by atomic mass is 16.2. The molecule has 0 saturated carbocycles. The van der Waals surface area contributed by atoms with Gasteiger partial charge in [0.15, 0.2) is 0 Å². The van der Waals surface area contributed by atoms with Crippen molar-refractivity contribution in [2.75, 3.05) is 0 Å². The van der Waals surface area contributed by atoms with Gasteiger partial charge in [0.2, 0.25) is 0 Å². The lowest BCUT2D eigenvalue weighted by molar-refractivity contribution is -0.139. The van der Waals surface area contributed by atoms with Crippen LogP contribution < -0.4 is 16.6 Å². The van der Waals surface area contributed by atoms with Crippen LogP contribution in [0, 0.1) is 0 Å². The fourth-order valence-electron chi connectivity index (χ4n) is 1.13. The minimum atomic E-state index is -0.799. The lowest BCUT2D eigenvalue weighted by Gasteiger charge is -2.12. The second-order valence-electron chi connectivity index (χ2n) is 3.34. The van der Waals surface area contributed by atoms with Gasteiger partial charge in [-0.2, -0.15) is 0 Å². The van der Waals surface area contributed by atoms with Crippen LogP contribution in [-0.2, 0) is 9.59 Å². The van der Waals surface area contributed by atoms with Gasteiger partial charge in [-0.15, -0.1) is 0 Å². The summed E-state index contributed by atoms with van der Waals surface area (Å²) in [6.45, 7) is 3.99. The maximum absolute atomic E-state index is 11.0. The Morgan fingerprint density at radius 1 is 1.29 bits per heavy atom. The highest BCUT2D eigenvalue weighted by Gasteiger charge is 2.13. The molecule has 1 atom stereocenters. The predicted molar refractivity (Wildman–Crippen MR) is 54.1 cm³/mol. The van der Waals surface area contributed by atoms with Crippen molar-refractivity contribution in [2.45, 2.75) is 45.6 Å². The topological polar surface area (TPSA) is 84.2 Å². The van der Waals surface area contributed by atoms with E-state index < -0.39 is 11.8 Å². The van der Waals surface area contributed by atoms with Crippen LogP contribution in [0.3, 0.4) is 0 Å². The number of amides is 2. The largest absolute Gasteiger partial charge is 0.345 e. The smallest absolute Gasteiger partial charge is 0.323 e. The summed E-state index contributed by atoms with van der Waals surface area (Å²) in [4.78, 5) is 21.7. The van der Waals surface area contributed by atoms with Crippen LogP contribution in [-0.4, -0.2) is 17.9 Å². The summed E-state index contributed by atoms with van der Waals surface area (Å²) in [7, 11) is 0. The first-order valence-electron chi connectivity index (χ1n) is 4.93. The Kier molecular flexibility index (Phi) is 6.74. The number of hydrogen-bond acceptors (Lipinski definition) is 3. The maximum Gasteiger partial charge on any atom is 0.323 e. The minimum Gasteiger partial charge on any atom is -0.345 e. The zero-order valence-corrected chi connectivity index (χ0v) is 8.80. The molecule has 0 aromatic rings. The number of carbonyl (C=O) groups excluding carboxylic acids is 2. The molecule has 0 aliphatic heterocycles. The molecule has 1 unspecified atom stereocenters. The zero-order chi connectivity index (χ0) is 11.0. The molecule has 0 heterocycles. The minimum absolute atomic E-state index is 0.0198. The molecule has 2 amide bonds. The van der Waals surface area contributed by atoms with Crippen LogP contribution in [0.15, 0.2) is 0 Å². The summed E-state index contributed by atoms with van der Waals surface area (Å²) in [6, 6.07) is 0.0198. The molecule has 4 N–H and O–H groups in total. The molecule has 0 saturated heterocycles. The van der Waals surface area contributed by atoms with Gasteiger partial charge in [0.1, 0.15) is 0 Å². The summed E-state index contributed by atoms with van der Waals surface area (Å²) in [5, 5.41) is 2.56. The Morgan fingerprint density at radius 2 is 1.93 bits per heavy atom. The molecule has 82 valence electrons. The predicted octanol–water partition coefficient (Wildman–Crippen LogP) is 0.0613. The average molecular weight is 201 g/mol. The third-order valence-electron chi connectivity index (χ3n) is 1.96. The van der Waals surface area contributed by atoms with Crippen molar-refractivity contribution in [1.82, 2.24) is 10.7 Å². The highest BCUT2D eigenvalue weighted by molar-refractivity contribution is 6.34. The summed E-state index contributed by atoms with van der Waals surface area (Å²) >= 11 is 0. The van der Waals surface area contributed by atoms with Gasteiger partial charge in [0, 0.05) is 6.04 Å². The van der Waals surface area contributed by atoms with E-state index in [2.05, 4.69) is 12.2 Å². The van der Waals surface area contributed by atoms with Crippen molar-refractivity contribution < 1.29 is 9.59 Å². The van der Waals surface area contributed by atoms with Crippen molar-refractivity contribution in [1.29, 1.82) is 0 Å². The van der Waals surface area contributed by atoms with Gasteiger partial charge in [0.25, 0.3) is 0 Å². The lowest BCUT2D eigenvalue weighted by atomic mass is 10.1. The fraction of sp³-hybridized carbons (Fsp3) is 0.778. The van der Waals surface area contributed by atoms with Crippen molar-refractivity contribution in [3.8, 4) is 0 Å². The van der Waals surface area contributed by atoms with Crippen molar-refractivity contribution in [3.05, 3.63) is 0 Å². The van der Waals surface area contributed by atoms with Gasteiger partial charge >= 0.3 is 11.8 Å². The van der Waals surface area contributed by atoms with E-state index >= 15 is 0 Å². The molecule has 5 heteroatoms. The molecule has 0 aliphatic carbocycles. The van der Waals surface area contributed by atoms with E-state index in [0.29, 0.717) is 0 Å². The molecule has 0 rings (SSSR count). The molecule has 0 bridgehead atoms. The first-order valence-corrected chi connectivity index (χ1v) is 4.93. The number of hydrazine groups is 1. The Morgan fingerprint density at radius 3 is 2.43 bits per heavy atom. The molecule has 0 aromatic carbocycles. The molecule has 0 aliphatic rings. The lowest BCUT2D eigenvalue weighted by Crippen LogP contribution is -2.46. The second-order valence-corrected chi connectivity index (χ2v) is 3.34. The second kappa shape index (κ2) is 7.32. The number of rotatable bonds is 5. The maximum atomic E-state index is 11.0. The average Bonchev–Trinajstić information content (AvgIpc) is 2.16. The van der Waals surface area contributed by atoms with E-state index in [-0.39, 0.29) is 6.04 Å². The number of nitrogens with one attached hydrogen (secondary N) is 2. The molecule has 0 radical (unpaired) electrons. The highest BCUT2D eigenvalue weighted by Crippen LogP contribution is 2.02. The van der Waals surface area contributed by atoms with Crippen LogP contribution in [0.2, 0.25) is 0 Å². The third-order valence-corrected chi connectivity index (χ3v) is 1.96. The van der Waals surface area contributed by atoms with Crippen molar-refractivity contribution in [2.24, 2.45) is 5.84 Å². The Hall–Kier alpha value is -1.10. The first-order chi connectivity index (χ1) is 6.61. The molecule has 5 nitrogen and oxygen atoms in total. The Balaban J connectivity index is 3.65. The summed E-state index contributed by atoms with van der Waals surface area (Å²) in [6.07, 6.45) is 4.23. The van der Waals surface area contributed by atoms with Crippen LogP contribution in [0.5, 0.6) is 0 Å². The van der Waals surface area contributed by atoms with E-state index in [1.165, 1.54) is 0 Å².